The van der Waals surface area contributed by atoms with Crippen LogP contribution in [0.2, 0.25) is 5.02 Å². The average Bonchev–Trinajstić information content (AvgIpc) is 2.81. The van der Waals surface area contributed by atoms with Gasteiger partial charge in [0.25, 0.3) is 11.8 Å². The Morgan fingerprint density at radius 1 is 1.04 bits per heavy atom. The van der Waals surface area contributed by atoms with Gasteiger partial charge in [0.15, 0.2) is 0 Å². The fourth-order valence-electron chi connectivity index (χ4n) is 2.65. The molecular formula is C18H15ClN2O3. The average molecular weight is 343 g/mol. The lowest BCUT2D eigenvalue weighted by Crippen LogP contribution is -2.41. The number of imide groups is 1. The van der Waals surface area contributed by atoms with E-state index in [2.05, 4.69) is 5.32 Å². The topological polar surface area (TPSA) is 66.5 Å². The van der Waals surface area contributed by atoms with Crippen molar-refractivity contribution in [1.29, 1.82) is 0 Å². The van der Waals surface area contributed by atoms with Crippen LogP contribution in [0.1, 0.15) is 39.2 Å². The molecule has 1 aliphatic heterocycles. The molecule has 0 aliphatic carbocycles. The van der Waals surface area contributed by atoms with E-state index in [0.29, 0.717) is 16.1 Å². The monoisotopic (exact) mass is 342 g/mol. The summed E-state index contributed by atoms with van der Waals surface area (Å²) in [6, 6.07) is 13.4. The molecule has 0 bridgehead atoms. The summed E-state index contributed by atoms with van der Waals surface area (Å²) in [6.45, 7) is 1.52. The molecule has 24 heavy (non-hydrogen) atoms. The minimum Gasteiger partial charge on any atom is -0.348 e. The molecule has 0 radical (unpaired) electrons. The van der Waals surface area contributed by atoms with Gasteiger partial charge in [0, 0.05) is 5.02 Å². The van der Waals surface area contributed by atoms with E-state index in [4.69, 9.17) is 11.6 Å². The second-order valence-corrected chi connectivity index (χ2v) is 6.02. The van der Waals surface area contributed by atoms with Gasteiger partial charge in [-0.25, -0.2) is 0 Å². The molecular weight excluding hydrogens is 328 g/mol. The molecule has 3 rings (SSSR count). The Kier molecular flexibility index (Phi) is 4.36. The van der Waals surface area contributed by atoms with E-state index >= 15 is 0 Å². The number of carbonyl (C=O) groups excluding carboxylic acids is 3. The number of hydrogen-bond acceptors (Lipinski definition) is 3. The summed E-state index contributed by atoms with van der Waals surface area (Å²) in [5, 5.41) is 3.40. The normalized spacial score (nSPS) is 14.5. The summed E-state index contributed by atoms with van der Waals surface area (Å²) >= 11 is 5.84. The molecule has 1 heterocycles. The van der Waals surface area contributed by atoms with Crippen molar-refractivity contribution >= 4 is 29.3 Å². The van der Waals surface area contributed by atoms with Crippen molar-refractivity contribution in [3.63, 3.8) is 0 Å². The van der Waals surface area contributed by atoms with Gasteiger partial charge < -0.3 is 5.32 Å². The lowest BCUT2D eigenvalue weighted by atomic mass is 10.1. The van der Waals surface area contributed by atoms with Crippen LogP contribution in [-0.2, 0) is 4.79 Å². The molecule has 0 saturated carbocycles. The molecule has 5 nitrogen and oxygen atoms in total. The van der Waals surface area contributed by atoms with Crippen molar-refractivity contribution in [2.75, 3.05) is 6.54 Å². The SMILES string of the molecule is CC(NC(=O)CN1C(=O)c2ccccc2C1=O)c1ccc(Cl)cc1. The lowest BCUT2D eigenvalue weighted by molar-refractivity contribution is -0.122. The number of carbonyl (C=O) groups is 3. The van der Waals surface area contributed by atoms with Crippen LogP contribution in [0.4, 0.5) is 0 Å². The quantitative estimate of drug-likeness (QED) is 0.869. The van der Waals surface area contributed by atoms with Gasteiger partial charge in [-0.3, -0.25) is 19.3 Å². The number of amides is 3. The Hall–Kier alpha value is -2.66. The van der Waals surface area contributed by atoms with Gasteiger partial charge in [-0.05, 0) is 36.8 Å². The molecule has 0 saturated heterocycles. The highest BCUT2D eigenvalue weighted by Gasteiger charge is 2.36. The molecule has 0 spiro atoms. The zero-order chi connectivity index (χ0) is 17.3. The maximum atomic E-state index is 12.2. The highest BCUT2D eigenvalue weighted by atomic mass is 35.5. The molecule has 1 unspecified atom stereocenters. The van der Waals surface area contributed by atoms with Crippen LogP contribution in [0, 0.1) is 0 Å². The number of benzene rings is 2. The van der Waals surface area contributed by atoms with Crippen LogP contribution in [0.25, 0.3) is 0 Å². The van der Waals surface area contributed by atoms with Crippen LogP contribution in [0.3, 0.4) is 0 Å². The van der Waals surface area contributed by atoms with Gasteiger partial charge in [-0.2, -0.15) is 0 Å². The standard InChI is InChI=1S/C18H15ClN2O3/c1-11(12-6-8-13(19)9-7-12)20-16(22)10-21-17(23)14-4-2-3-5-15(14)18(21)24/h2-9,11H,10H2,1H3,(H,20,22). The van der Waals surface area contributed by atoms with Crippen LogP contribution in [-0.4, -0.2) is 29.2 Å². The molecule has 122 valence electrons. The number of hydrogen-bond donors (Lipinski definition) is 1. The summed E-state index contributed by atoms with van der Waals surface area (Å²) in [5.41, 5.74) is 1.55. The number of rotatable bonds is 4. The van der Waals surface area contributed by atoms with Crippen LogP contribution in [0.15, 0.2) is 48.5 Å². The van der Waals surface area contributed by atoms with E-state index in [1.165, 1.54) is 0 Å². The van der Waals surface area contributed by atoms with Crippen LogP contribution < -0.4 is 5.32 Å². The highest BCUT2D eigenvalue weighted by molar-refractivity contribution is 6.30. The van der Waals surface area contributed by atoms with Gasteiger partial charge >= 0.3 is 0 Å². The summed E-state index contributed by atoms with van der Waals surface area (Å²) in [6.07, 6.45) is 0. The molecule has 1 N–H and O–H groups in total. The first kappa shape index (κ1) is 16.2. The predicted molar refractivity (Wildman–Crippen MR) is 89.8 cm³/mol. The second-order valence-electron chi connectivity index (χ2n) is 5.58. The van der Waals surface area contributed by atoms with Crippen molar-refractivity contribution in [3.8, 4) is 0 Å². The van der Waals surface area contributed by atoms with E-state index in [9.17, 15) is 14.4 Å². The highest BCUT2D eigenvalue weighted by Crippen LogP contribution is 2.22. The fourth-order valence-corrected chi connectivity index (χ4v) is 2.77. The first-order chi connectivity index (χ1) is 11.5. The number of fused-ring (bicyclic) bond motifs is 1. The summed E-state index contributed by atoms with van der Waals surface area (Å²) in [7, 11) is 0. The summed E-state index contributed by atoms with van der Waals surface area (Å²) in [4.78, 5) is 37.7. The fraction of sp³-hybridized carbons (Fsp3) is 0.167. The van der Waals surface area contributed by atoms with Crippen molar-refractivity contribution in [2.24, 2.45) is 0 Å². The first-order valence-corrected chi connectivity index (χ1v) is 7.85. The van der Waals surface area contributed by atoms with Gasteiger partial charge in [-0.15, -0.1) is 0 Å². The summed E-state index contributed by atoms with van der Waals surface area (Å²) < 4.78 is 0. The lowest BCUT2D eigenvalue weighted by Gasteiger charge is -2.18. The van der Waals surface area contributed by atoms with E-state index in [0.717, 1.165) is 10.5 Å². The Labute approximate surface area is 144 Å². The van der Waals surface area contributed by atoms with Crippen LogP contribution >= 0.6 is 11.6 Å². The molecule has 0 fully saturated rings. The van der Waals surface area contributed by atoms with Gasteiger partial charge in [0.1, 0.15) is 6.54 Å². The van der Waals surface area contributed by atoms with Crippen molar-refractivity contribution < 1.29 is 14.4 Å². The molecule has 2 aromatic rings. The molecule has 1 aliphatic rings. The Balaban J connectivity index is 1.66. The molecule has 6 heteroatoms. The Morgan fingerprint density at radius 2 is 1.58 bits per heavy atom. The molecule has 2 aromatic carbocycles. The third-order valence-corrected chi connectivity index (χ3v) is 4.18. The first-order valence-electron chi connectivity index (χ1n) is 7.47. The molecule has 3 amide bonds. The Morgan fingerprint density at radius 3 is 2.12 bits per heavy atom. The van der Waals surface area contributed by atoms with Crippen molar-refractivity contribution in [3.05, 3.63) is 70.2 Å². The summed E-state index contributed by atoms with van der Waals surface area (Å²) in [5.74, 6) is -1.28. The van der Waals surface area contributed by atoms with E-state index in [1.807, 2.05) is 19.1 Å². The van der Waals surface area contributed by atoms with Gasteiger partial charge in [-0.1, -0.05) is 35.9 Å². The number of halogens is 1. The minimum absolute atomic E-state index is 0.259. The van der Waals surface area contributed by atoms with Crippen molar-refractivity contribution in [2.45, 2.75) is 13.0 Å². The molecule has 1 atom stereocenters. The zero-order valence-electron chi connectivity index (χ0n) is 13.0. The largest absolute Gasteiger partial charge is 0.348 e. The predicted octanol–water partition coefficient (Wildman–Crippen LogP) is 2.81. The number of nitrogens with one attached hydrogen (secondary N) is 1. The van der Waals surface area contributed by atoms with Crippen molar-refractivity contribution in [1.82, 2.24) is 10.2 Å². The zero-order valence-corrected chi connectivity index (χ0v) is 13.7. The molecule has 0 aromatic heterocycles. The second kappa shape index (κ2) is 6.45. The van der Waals surface area contributed by atoms with Crippen LogP contribution in [0.5, 0.6) is 0 Å². The Bertz CT molecular complexity index is 782. The minimum atomic E-state index is -0.440. The smallest absolute Gasteiger partial charge is 0.262 e. The van der Waals surface area contributed by atoms with Gasteiger partial charge in [0.05, 0.1) is 17.2 Å². The van der Waals surface area contributed by atoms with Gasteiger partial charge in [0.2, 0.25) is 5.91 Å². The third kappa shape index (κ3) is 3.03. The maximum absolute atomic E-state index is 12.2. The van der Waals surface area contributed by atoms with E-state index in [-0.39, 0.29) is 12.6 Å². The number of nitrogens with zero attached hydrogens (tertiary/aromatic N) is 1. The van der Waals surface area contributed by atoms with E-state index < -0.39 is 17.7 Å². The van der Waals surface area contributed by atoms with E-state index in [1.54, 1.807) is 36.4 Å². The maximum Gasteiger partial charge on any atom is 0.262 e. The third-order valence-electron chi connectivity index (χ3n) is 3.93.